The molecule has 0 bridgehead atoms. The first-order valence-corrected chi connectivity index (χ1v) is 8.38. The monoisotopic (exact) mass is 300 g/mol. The zero-order valence-corrected chi connectivity index (χ0v) is 14.3. The van der Waals surface area contributed by atoms with Crippen LogP contribution in [-0.2, 0) is 11.2 Å². The lowest BCUT2D eigenvalue weighted by Crippen LogP contribution is -2.09. The molecule has 0 aromatic carbocycles. The summed E-state index contributed by atoms with van der Waals surface area (Å²) in [5.74, 6) is 1.38. The highest BCUT2D eigenvalue weighted by Gasteiger charge is 2.30. The smallest absolute Gasteiger partial charge is 0.159 e. The Morgan fingerprint density at radius 3 is 2.82 bits per heavy atom. The van der Waals surface area contributed by atoms with Crippen molar-refractivity contribution >= 4 is 5.78 Å². The predicted molar refractivity (Wildman–Crippen MR) is 90.7 cm³/mol. The minimum atomic E-state index is 0.357. The maximum absolute atomic E-state index is 12.0. The number of furan rings is 1. The Hall–Kier alpha value is -1.57. The number of ketones is 1. The molecule has 1 heterocycles. The summed E-state index contributed by atoms with van der Waals surface area (Å²) in [6.45, 7) is 8.67. The molecule has 0 saturated heterocycles. The molecule has 2 heteroatoms. The highest BCUT2D eigenvalue weighted by atomic mass is 16.3. The number of aryl methyl sites for hydroxylation is 1. The van der Waals surface area contributed by atoms with Gasteiger partial charge in [-0.05, 0) is 68.6 Å². The fraction of sp³-hybridized carbons (Fsp3) is 0.550. The molecule has 1 atom stereocenters. The topological polar surface area (TPSA) is 30.2 Å². The second-order valence-corrected chi connectivity index (χ2v) is 6.85. The van der Waals surface area contributed by atoms with Crippen molar-refractivity contribution in [3.63, 3.8) is 0 Å². The summed E-state index contributed by atoms with van der Waals surface area (Å²) in [7, 11) is 0. The minimum absolute atomic E-state index is 0.357. The molecule has 1 aromatic heterocycles. The first-order valence-electron chi connectivity index (χ1n) is 8.38. The van der Waals surface area contributed by atoms with Crippen LogP contribution in [0.3, 0.4) is 0 Å². The van der Waals surface area contributed by atoms with Gasteiger partial charge < -0.3 is 4.42 Å². The van der Waals surface area contributed by atoms with Crippen molar-refractivity contribution in [2.45, 2.75) is 59.8 Å². The number of carbonyl (C=O) groups excluding carboxylic acids is 1. The molecule has 0 N–H and O–H groups in total. The van der Waals surface area contributed by atoms with Crippen LogP contribution >= 0.6 is 0 Å². The van der Waals surface area contributed by atoms with Gasteiger partial charge in [0.1, 0.15) is 0 Å². The summed E-state index contributed by atoms with van der Waals surface area (Å²) in [5, 5.41) is 0. The van der Waals surface area contributed by atoms with Crippen molar-refractivity contribution in [2.75, 3.05) is 0 Å². The van der Waals surface area contributed by atoms with Crippen molar-refractivity contribution in [3.8, 4) is 0 Å². The molecular formula is C20H28O2. The fourth-order valence-electron chi connectivity index (χ4n) is 3.30. The van der Waals surface area contributed by atoms with Crippen LogP contribution in [0.2, 0.25) is 0 Å². The Morgan fingerprint density at radius 2 is 2.18 bits per heavy atom. The van der Waals surface area contributed by atoms with Crippen molar-refractivity contribution in [2.24, 2.45) is 11.8 Å². The Labute approximate surface area is 134 Å². The second kappa shape index (κ2) is 7.62. The maximum Gasteiger partial charge on any atom is 0.159 e. The van der Waals surface area contributed by atoms with Crippen LogP contribution in [0.25, 0.3) is 0 Å². The van der Waals surface area contributed by atoms with Gasteiger partial charge in [-0.3, -0.25) is 4.79 Å². The summed E-state index contributed by atoms with van der Waals surface area (Å²) in [6.07, 6.45) is 10.8. The molecule has 22 heavy (non-hydrogen) atoms. The van der Waals surface area contributed by atoms with Crippen LogP contribution in [0.5, 0.6) is 0 Å². The van der Waals surface area contributed by atoms with Crippen molar-refractivity contribution in [1.82, 2.24) is 0 Å². The molecule has 0 fully saturated rings. The van der Waals surface area contributed by atoms with Crippen LogP contribution in [-0.4, -0.2) is 5.78 Å². The zero-order valence-electron chi connectivity index (χ0n) is 14.3. The molecule has 0 spiro atoms. The van der Waals surface area contributed by atoms with Gasteiger partial charge in [0.15, 0.2) is 5.78 Å². The molecule has 0 aliphatic heterocycles. The molecule has 2 rings (SSSR count). The van der Waals surface area contributed by atoms with Crippen molar-refractivity contribution in [3.05, 3.63) is 47.0 Å². The van der Waals surface area contributed by atoms with Crippen LogP contribution in [0.4, 0.5) is 0 Å². The molecule has 1 aliphatic carbocycles. The molecule has 0 unspecified atom stereocenters. The van der Waals surface area contributed by atoms with Gasteiger partial charge in [-0.15, -0.1) is 0 Å². The lowest BCUT2D eigenvalue weighted by atomic mass is 9.86. The average Bonchev–Trinajstić information content (AvgIpc) is 3.07. The highest BCUT2D eigenvalue weighted by Crippen LogP contribution is 2.37. The normalized spacial score (nSPS) is 19.6. The van der Waals surface area contributed by atoms with E-state index in [1.54, 1.807) is 6.26 Å². The molecule has 1 aromatic rings. The number of rotatable bonds is 7. The Morgan fingerprint density at radius 1 is 1.41 bits per heavy atom. The van der Waals surface area contributed by atoms with E-state index in [4.69, 9.17) is 4.42 Å². The predicted octanol–water partition coefficient (Wildman–Crippen LogP) is 5.50. The summed E-state index contributed by atoms with van der Waals surface area (Å²) in [4.78, 5) is 12.0. The van der Waals surface area contributed by atoms with E-state index < -0.39 is 0 Å². The Balaban J connectivity index is 1.86. The van der Waals surface area contributed by atoms with Gasteiger partial charge in [-0.2, -0.15) is 0 Å². The molecule has 0 saturated carbocycles. The number of Topliss-reactive ketones (excluding diaryl/α,β-unsaturated/α-hetero) is 1. The third-order valence-electron chi connectivity index (χ3n) is 4.85. The lowest BCUT2D eigenvalue weighted by Gasteiger charge is -2.18. The minimum Gasteiger partial charge on any atom is -0.472 e. The first kappa shape index (κ1) is 16.8. The van der Waals surface area contributed by atoms with Crippen molar-refractivity contribution in [1.29, 1.82) is 0 Å². The third-order valence-corrected chi connectivity index (χ3v) is 4.85. The number of carbonyl (C=O) groups is 1. The van der Waals surface area contributed by atoms with Crippen LogP contribution in [0.15, 0.2) is 45.8 Å². The van der Waals surface area contributed by atoms with Gasteiger partial charge in [0.25, 0.3) is 0 Å². The molecule has 2 nitrogen and oxygen atoms in total. The molecule has 120 valence electrons. The van der Waals surface area contributed by atoms with Gasteiger partial charge in [0.05, 0.1) is 12.5 Å². The van der Waals surface area contributed by atoms with E-state index in [1.165, 1.54) is 16.7 Å². The highest BCUT2D eigenvalue weighted by molar-refractivity contribution is 5.98. The Kier molecular flexibility index (Phi) is 5.82. The second-order valence-electron chi connectivity index (χ2n) is 6.85. The van der Waals surface area contributed by atoms with Crippen LogP contribution < -0.4 is 0 Å². The van der Waals surface area contributed by atoms with E-state index in [-0.39, 0.29) is 0 Å². The number of allylic oxidation sites excluding steroid dienone is 4. The van der Waals surface area contributed by atoms with Gasteiger partial charge in [-0.1, -0.05) is 31.1 Å². The van der Waals surface area contributed by atoms with E-state index in [0.717, 1.165) is 37.7 Å². The van der Waals surface area contributed by atoms with Crippen molar-refractivity contribution < 1.29 is 9.21 Å². The standard InChI is InChI=1S/C20H28O2/c1-14(2)19-12-20(21)16(4)18(19)9-8-15(3)6-5-7-17-10-11-22-13-17/h6,10-11,13-14,19H,5,7-9,12H2,1-4H3/b15-6+/t19-/m1/s1. The quantitative estimate of drug-likeness (QED) is 0.622. The molecule has 1 aliphatic rings. The van der Waals surface area contributed by atoms with E-state index in [0.29, 0.717) is 17.6 Å². The van der Waals surface area contributed by atoms with Gasteiger partial charge in [-0.25, -0.2) is 0 Å². The van der Waals surface area contributed by atoms with Crippen LogP contribution in [0.1, 0.15) is 58.9 Å². The molecular weight excluding hydrogens is 272 g/mol. The van der Waals surface area contributed by atoms with E-state index >= 15 is 0 Å². The summed E-state index contributed by atoms with van der Waals surface area (Å²) in [5.41, 5.74) is 5.11. The summed E-state index contributed by atoms with van der Waals surface area (Å²) in [6, 6.07) is 2.02. The van der Waals surface area contributed by atoms with Gasteiger partial charge >= 0.3 is 0 Å². The summed E-state index contributed by atoms with van der Waals surface area (Å²) >= 11 is 0. The third kappa shape index (κ3) is 4.22. The Bertz CT molecular complexity index is 559. The van der Waals surface area contributed by atoms with Gasteiger partial charge in [0, 0.05) is 6.42 Å². The average molecular weight is 300 g/mol. The fourth-order valence-corrected chi connectivity index (χ4v) is 3.30. The number of hydrogen-bond donors (Lipinski definition) is 0. The maximum atomic E-state index is 12.0. The van der Waals surface area contributed by atoms with Gasteiger partial charge in [0.2, 0.25) is 0 Å². The SMILES string of the molecule is CC1=C(CC/C(C)=C/CCc2ccoc2)[C@@H](C(C)C)CC1=O. The summed E-state index contributed by atoms with van der Waals surface area (Å²) < 4.78 is 5.08. The zero-order chi connectivity index (χ0) is 16.1. The van der Waals surface area contributed by atoms with Crippen LogP contribution in [0, 0.1) is 11.8 Å². The first-order chi connectivity index (χ1) is 10.5. The molecule has 0 amide bonds. The van der Waals surface area contributed by atoms with E-state index in [9.17, 15) is 4.79 Å². The molecule has 0 radical (unpaired) electrons. The number of hydrogen-bond acceptors (Lipinski definition) is 2. The largest absolute Gasteiger partial charge is 0.472 e. The van der Waals surface area contributed by atoms with E-state index in [2.05, 4.69) is 26.8 Å². The lowest BCUT2D eigenvalue weighted by molar-refractivity contribution is -0.115. The van der Waals surface area contributed by atoms with E-state index in [1.807, 2.05) is 19.3 Å².